The molecule has 1 aromatic rings. The molecule has 1 amide bonds. The molecule has 1 saturated heterocycles. The van der Waals surface area contributed by atoms with Crippen molar-refractivity contribution in [1.29, 1.82) is 0 Å². The monoisotopic (exact) mass is 335 g/mol. The lowest BCUT2D eigenvalue weighted by atomic mass is 9.86. The molecule has 0 unspecified atom stereocenters. The van der Waals surface area contributed by atoms with Gasteiger partial charge in [-0.05, 0) is 19.3 Å². The molecule has 1 aromatic heterocycles. The first-order valence-corrected chi connectivity index (χ1v) is 10.00. The van der Waals surface area contributed by atoms with Crippen molar-refractivity contribution in [3.63, 3.8) is 0 Å². The van der Waals surface area contributed by atoms with Gasteiger partial charge in [0.05, 0.1) is 6.54 Å². The van der Waals surface area contributed by atoms with E-state index in [0.717, 1.165) is 57.2 Å². The second kappa shape index (κ2) is 8.25. The summed E-state index contributed by atoms with van der Waals surface area (Å²) in [7, 11) is 0. The highest BCUT2D eigenvalue weighted by Gasteiger charge is 2.22. The van der Waals surface area contributed by atoms with Crippen LogP contribution in [0, 0.1) is 12.8 Å². The van der Waals surface area contributed by atoms with Gasteiger partial charge in [0.1, 0.15) is 5.01 Å². The minimum atomic E-state index is 0.375. The highest BCUT2D eigenvalue weighted by molar-refractivity contribution is 7.09. The Balaban J connectivity index is 1.37. The topological polar surface area (TPSA) is 36.4 Å². The van der Waals surface area contributed by atoms with Crippen molar-refractivity contribution in [1.82, 2.24) is 14.8 Å². The normalized spacial score (nSPS) is 20.8. The minimum absolute atomic E-state index is 0.375. The molecule has 1 aliphatic heterocycles. The van der Waals surface area contributed by atoms with E-state index in [1.165, 1.54) is 37.1 Å². The van der Waals surface area contributed by atoms with E-state index in [1.807, 2.05) is 6.92 Å². The number of piperazine rings is 1. The average molecular weight is 336 g/mol. The van der Waals surface area contributed by atoms with Crippen LogP contribution in [0.25, 0.3) is 0 Å². The number of amides is 1. The maximum atomic E-state index is 12.4. The lowest BCUT2D eigenvalue weighted by molar-refractivity contribution is -0.133. The molecule has 1 saturated carbocycles. The molecule has 128 valence electrons. The van der Waals surface area contributed by atoms with E-state index in [0.29, 0.717) is 5.91 Å². The highest BCUT2D eigenvalue weighted by Crippen LogP contribution is 2.27. The first-order chi connectivity index (χ1) is 11.2. The summed E-state index contributed by atoms with van der Waals surface area (Å²) in [4.78, 5) is 21.4. The van der Waals surface area contributed by atoms with Gasteiger partial charge >= 0.3 is 0 Å². The number of hydrogen-bond donors (Lipinski definition) is 0. The van der Waals surface area contributed by atoms with Crippen molar-refractivity contribution >= 4 is 17.2 Å². The summed E-state index contributed by atoms with van der Waals surface area (Å²) in [6.07, 6.45) is 8.68. The zero-order valence-electron chi connectivity index (χ0n) is 14.3. The van der Waals surface area contributed by atoms with Crippen molar-refractivity contribution in [3.8, 4) is 0 Å². The predicted molar refractivity (Wildman–Crippen MR) is 94.5 cm³/mol. The lowest BCUT2D eigenvalue weighted by Gasteiger charge is -2.34. The maximum absolute atomic E-state index is 12.4. The Bertz CT molecular complexity index is 502. The molecule has 23 heavy (non-hydrogen) atoms. The zero-order valence-corrected chi connectivity index (χ0v) is 15.1. The summed E-state index contributed by atoms with van der Waals surface area (Å²) >= 11 is 1.74. The summed E-state index contributed by atoms with van der Waals surface area (Å²) < 4.78 is 0. The summed E-state index contributed by atoms with van der Waals surface area (Å²) in [6.45, 7) is 6.70. The standard InChI is InChI=1S/C18H29N3OS/c1-15-14-23-17(19-15)13-20-9-11-21(12-10-20)18(22)8-7-16-5-3-2-4-6-16/h14,16H,2-13H2,1H3. The van der Waals surface area contributed by atoms with Gasteiger partial charge in [0.25, 0.3) is 0 Å². The number of aromatic nitrogens is 1. The Hall–Kier alpha value is -0.940. The van der Waals surface area contributed by atoms with Crippen molar-refractivity contribution in [3.05, 3.63) is 16.1 Å². The van der Waals surface area contributed by atoms with Crippen molar-refractivity contribution in [2.24, 2.45) is 5.92 Å². The Morgan fingerprint density at radius 3 is 2.61 bits per heavy atom. The van der Waals surface area contributed by atoms with Crippen molar-refractivity contribution in [2.45, 2.75) is 58.4 Å². The number of carbonyl (C=O) groups is 1. The fraction of sp³-hybridized carbons (Fsp3) is 0.778. The van der Waals surface area contributed by atoms with Crippen molar-refractivity contribution < 1.29 is 4.79 Å². The van der Waals surface area contributed by atoms with Crippen LogP contribution in [0.15, 0.2) is 5.38 Å². The molecule has 5 heteroatoms. The molecular formula is C18H29N3OS. The van der Waals surface area contributed by atoms with Crippen LogP contribution in [-0.2, 0) is 11.3 Å². The maximum Gasteiger partial charge on any atom is 0.222 e. The second-order valence-corrected chi connectivity index (χ2v) is 8.02. The van der Waals surface area contributed by atoms with Gasteiger partial charge in [-0.3, -0.25) is 9.69 Å². The minimum Gasteiger partial charge on any atom is -0.340 e. The van der Waals surface area contributed by atoms with Gasteiger partial charge in [0.2, 0.25) is 5.91 Å². The summed E-state index contributed by atoms with van der Waals surface area (Å²) in [6, 6.07) is 0. The third kappa shape index (κ3) is 5.01. The van der Waals surface area contributed by atoms with Crippen LogP contribution >= 0.6 is 11.3 Å². The number of carbonyl (C=O) groups excluding carboxylic acids is 1. The molecule has 0 atom stereocenters. The van der Waals surface area contributed by atoms with Crippen LogP contribution in [0.1, 0.15) is 55.6 Å². The number of hydrogen-bond acceptors (Lipinski definition) is 4. The molecule has 4 nitrogen and oxygen atoms in total. The second-order valence-electron chi connectivity index (χ2n) is 7.08. The Labute approximate surface area is 143 Å². The van der Waals surface area contributed by atoms with Crippen LogP contribution in [0.5, 0.6) is 0 Å². The highest BCUT2D eigenvalue weighted by atomic mass is 32.1. The largest absolute Gasteiger partial charge is 0.340 e. The Morgan fingerprint density at radius 2 is 1.96 bits per heavy atom. The molecule has 0 N–H and O–H groups in total. The summed E-state index contributed by atoms with van der Waals surface area (Å²) in [5, 5.41) is 3.31. The van der Waals surface area contributed by atoms with Gasteiger partial charge in [0, 0.05) is 43.7 Å². The Morgan fingerprint density at radius 1 is 1.22 bits per heavy atom. The Kier molecular flexibility index (Phi) is 6.06. The van der Waals surface area contributed by atoms with E-state index in [9.17, 15) is 4.79 Å². The molecule has 2 fully saturated rings. The van der Waals surface area contributed by atoms with E-state index < -0.39 is 0 Å². The smallest absolute Gasteiger partial charge is 0.222 e. The van der Waals surface area contributed by atoms with Gasteiger partial charge in [-0.25, -0.2) is 4.98 Å². The molecule has 2 aliphatic rings. The molecular weight excluding hydrogens is 306 g/mol. The number of aryl methyl sites for hydroxylation is 1. The fourth-order valence-corrected chi connectivity index (χ4v) is 4.60. The van der Waals surface area contributed by atoms with E-state index in [4.69, 9.17) is 0 Å². The molecule has 0 aromatic carbocycles. The number of nitrogens with zero attached hydrogens (tertiary/aromatic N) is 3. The van der Waals surface area contributed by atoms with Crippen LogP contribution in [0.2, 0.25) is 0 Å². The van der Waals surface area contributed by atoms with Gasteiger partial charge in [-0.1, -0.05) is 32.1 Å². The van der Waals surface area contributed by atoms with Crippen LogP contribution in [-0.4, -0.2) is 46.9 Å². The van der Waals surface area contributed by atoms with Gasteiger partial charge < -0.3 is 4.90 Å². The summed E-state index contributed by atoms with van der Waals surface area (Å²) in [5.74, 6) is 1.18. The third-order valence-electron chi connectivity index (χ3n) is 5.24. The fourth-order valence-electron chi connectivity index (χ4n) is 3.78. The quantitative estimate of drug-likeness (QED) is 0.827. The van der Waals surface area contributed by atoms with Gasteiger partial charge in [-0.2, -0.15) is 0 Å². The molecule has 3 rings (SSSR count). The van der Waals surface area contributed by atoms with E-state index in [2.05, 4.69) is 20.2 Å². The van der Waals surface area contributed by atoms with Gasteiger partial charge in [0.15, 0.2) is 0 Å². The number of thiazole rings is 1. The van der Waals surface area contributed by atoms with Crippen molar-refractivity contribution in [2.75, 3.05) is 26.2 Å². The van der Waals surface area contributed by atoms with Gasteiger partial charge in [-0.15, -0.1) is 11.3 Å². The first-order valence-electron chi connectivity index (χ1n) is 9.12. The van der Waals surface area contributed by atoms with E-state index in [-0.39, 0.29) is 0 Å². The summed E-state index contributed by atoms with van der Waals surface area (Å²) in [5.41, 5.74) is 1.11. The van der Waals surface area contributed by atoms with Crippen LogP contribution in [0.3, 0.4) is 0 Å². The molecule has 1 aliphatic carbocycles. The predicted octanol–water partition coefficient (Wildman–Crippen LogP) is 3.46. The van der Waals surface area contributed by atoms with E-state index in [1.54, 1.807) is 11.3 Å². The number of rotatable bonds is 5. The average Bonchev–Trinajstić information content (AvgIpc) is 2.99. The molecule has 0 bridgehead atoms. The van der Waals surface area contributed by atoms with Crippen LogP contribution < -0.4 is 0 Å². The van der Waals surface area contributed by atoms with E-state index >= 15 is 0 Å². The third-order valence-corrected chi connectivity index (χ3v) is 6.19. The van der Waals surface area contributed by atoms with Crippen LogP contribution in [0.4, 0.5) is 0 Å². The zero-order chi connectivity index (χ0) is 16.1. The molecule has 0 radical (unpaired) electrons. The lowest BCUT2D eigenvalue weighted by Crippen LogP contribution is -2.48. The SMILES string of the molecule is Cc1csc(CN2CCN(C(=O)CCC3CCCCC3)CC2)n1. The molecule has 2 heterocycles. The molecule has 0 spiro atoms. The first kappa shape index (κ1) is 16.9.